The van der Waals surface area contributed by atoms with Gasteiger partial charge in [-0.3, -0.25) is 19.4 Å². The number of carbonyl (C=O) groups excluding carboxylic acids is 3. The van der Waals surface area contributed by atoms with E-state index in [1.807, 2.05) is 30.3 Å². The summed E-state index contributed by atoms with van der Waals surface area (Å²) >= 11 is 0. The van der Waals surface area contributed by atoms with Gasteiger partial charge in [-0.15, -0.1) is 0 Å². The molecular formula is C21H26N4O3. The molecule has 4 rings (SSSR count). The Kier molecular flexibility index (Phi) is 5.15. The van der Waals surface area contributed by atoms with E-state index < -0.39 is 6.04 Å². The molecule has 0 aromatic heterocycles. The van der Waals surface area contributed by atoms with Crippen LogP contribution in [0.15, 0.2) is 35.4 Å². The molecule has 2 fully saturated rings. The standard InChI is InChI=1S/C21H26N4O3/c1-14(26)19-12-18(23-25(19)17-7-3-2-4-8-17)21(28)24-11-5-6-15(13-24)20(27)22-16-9-10-16/h2-4,7-8,15-16,19H,5-6,9-13H2,1H3,(H,22,27). The van der Waals surface area contributed by atoms with Crippen molar-refractivity contribution in [2.45, 2.75) is 51.1 Å². The third-order valence-electron chi connectivity index (χ3n) is 5.65. The number of anilines is 1. The lowest BCUT2D eigenvalue weighted by molar-refractivity contribution is -0.131. The van der Waals surface area contributed by atoms with Crippen molar-refractivity contribution < 1.29 is 14.4 Å². The Morgan fingerprint density at radius 3 is 2.54 bits per heavy atom. The molecule has 0 radical (unpaired) electrons. The molecule has 7 nitrogen and oxygen atoms in total. The predicted molar refractivity (Wildman–Crippen MR) is 106 cm³/mol. The highest BCUT2D eigenvalue weighted by Gasteiger charge is 2.38. The fourth-order valence-electron chi connectivity index (χ4n) is 3.88. The van der Waals surface area contributed by atoms with Crippen molar-refractivity contribution in [3.05, 3.63) is 30.3 Å². The van der Waals surface area contributed by atoms with Gasteiger partial charge in [0.2, 0.25) is 5.91 Å². The lowest BCUT2D eigenvalue weighted by Crippen LogP contribution is -2.47. The van der Waals surface area contributed by atoms with E-state index in [4.69, 9.17) is 0 Å². The molecule has 0 spiro atoms. The van der Waals surface area contributed by atoms with Gasteiger partial charge in [0.25, 0.3) is 5.91 Å². The van der Waals surface area contributed by atoms with Gasteiger partial charge in [-0.25, -0.2) is 0 Å². The van der Waals surface area contributed by atoms with E-state index in [0.717, 1.165) is 31.4 Å². The summed E-state index contributed by atoms with van der Waals surface area (Å²) in [6, 6.07) is 9.30. The van der Waals surface area contributed by atoms with Crippen LogP contribution in [0.1, 0.15) is 39.0 Å². The first kappa shape index (κ1) is 18.7. The monoisotopic (exact) mass is 382 g/mol. The molecule has 2 amide bonds. The van der Waals surface area contributed by atoms with Crippen molar-refractivity contribution in [1.29, 1.82) is 0 Å². The van der Waals surface area contributed by atoms with Gasteiger partial charge in [0.15, 0.2) is 5.78 Å². The molecule has 1 saturated heterocycles. The molecule has 3 aliphatic rings. The molecule has 1 N–H and O–H groups in total. The number of amides is 2. The quantitative estimate of drug-likeness (QED) is 0.841. The van der Waals surface area contributed by atoms with Gasteiger partial charge in [0.05, 0.1) is 11.6 Å². The first-order valence-corrected chi connectivity index (χ1v) is 10.0. The zero-order valence-electron chi connectivity index (χ0n) is 16.1. The van der Waals surface area contributed by atoms with Gasteiger partial charge in [0, 0.05) is 25.6 Å². The molecule has 1 aromatic carbocycles. The summed E-state index contributed by atoms with van der Waals surface area (Å²) < 4.78 is 0. The fraction of sp³-hybridized carbons (Fsp3) is 0.524. The van der Waals surface area contributed by atoms with Crippen LogP contribution in [0.25, 0.3) is 0 Å². The molecular weight excluding hydrogens is 356 g/mol. The Morgan fingerprint density at radius 2 is 1.86 bits per heavy atom. The van der Waals surface area contributed by atoms with Gasteiger partial charge in [-0.1, -0.05) is 18.2 Å². The van der Waals surface area contributed by atoms with Crippen molar-refractivity contribution in [3.8, 4) is 0 Å². The van der Waals surface area contributed by atoms with Crippen LogP contribution < -0.4 is 10.3 Å². The van der Waals surface area contributed by atoms with E-state index in [1.165, 1.54) is 6.92 Å². The van der Waals surface area contributed by atoms with Crippen molar-refractivity contribution in [1.82, 2.24) is 10.2 Å². The predicted octanol–water partition coefficient (Wildman–Crippen LogP) is 1.73. The zero-order valence-corrected chi connectivity index (χ0v) is 16.1. The molecule has 7 heteroatoms. The third kappa shape index (κ3) is 3.93. The summed E-state index contributed by atoms with van der Waals surface area (Å²) in [5.74, 6) is -0.278. The Balaban J connectivity index is 1.47. The van der Waals surface area contributed by atoms with Gasteiger partial charge >= 0.3 is 0 Å². The Morgan fingerprint density at radius 1 is 1.11 bits per heavy atom. The minimum Gasteiger partial charge on any atom is -0.353 e. The maximum Gasteiger partial charge on any atom is 0.270 e. The summed E-state index contributed by atoms with van der Waals surface area (Å²) in [7, 11) is 0. The van der Waals surface area contributed by atoms with Crippen molar-refractivity contribution in [2.75, 3.05) is 18.1 Å². The Labute approximate surface area is 164 Å². The lowest BCUT2D eigenvalue weighted by Gasteiger charge is -2.32. The second-order valence-electron chi connectivity index (χ2n) is 7.93. The molecule has 2 atom stereocenters. The van der Waals surface area contributed by atoms with Gasteiger partial charge in [0.1, 0.15) is 11.8 Å². The number of hydrazone groups is 1. The van der Waals surface area contributed by atoms with E-state index >= 15 is 0 Å². The highest BCUT2D eigenvalue weighted by Crippen LogP contribution is 2.27. The number of carbonyl (C=O) groups is 3. The fourth-order valence-corrected chi connectivity index (χ4v) is 3.88. The summed E-state index contributed by atoms with van der Waals surface area (Å²) in [6.07, 6.45) is 4.03. The smallest absolute Gasteiger partial charge is 0.270 e. The van der Waals surface area contributed by atoms with Crippen LogP contribution in [0.3, 0.4) is 0 Å². The molecule has 2 aliphatic heterocycles. The normalized spacial score (nSPS) is 24.7. The van der Waals surface area contributed by atoms with Crippen molar-refractivity contribution in [3.63, 3.8) is 0 Å². The van der Waals surface area contributed by atoms with Crippen LogP contribution in [0.5, 0.6) is 0 Å². The molecule has 1 aromatic rings. The number of hydrogen-bond donors (Lipinski definition) is 1. The average molecular weight is 382 g/mol. The van der Waals surface area contributed by atoms with Crippen LogP contribution in [0, 0.1) is 5.92 Å². The highest BCUT2D eigenvalue weighted by molar-refractivity contribution is 6.40. The number of benzene rings is 1. The number of nitrogens with zero attached hydrogens (tertiary/aromatic N) is 3. The van der Waals surface area contributed by atoms with E-state index in [0.29, 0.717) is 31.3 Å². The average Bonchev–Trinajstić information content (AvgIpc) is 3.41. The number of rotatable bonds is 5. The molecule has 28 heavy (non-hydrogen) atoms. The molecule has 2 unspecified atom stereocenters. The molecule has 1 saturated carbocycles. The van der Waals surface area contributed by atoms with Crippen LogP contribution >= 0.6 is 0 Å². The Hall–Kier alpha value is -2.70. The number of piperidine rings is 1. The first-order valence-electron chi connectivity index (χ1n) is 10.0. The largest absolute Gasteiger partial charge is 0.353 e. The number of Topliss-reactive ketones (excluding diaryl/α,β-unsaturated/α-hetero) is 1. The summed E-state index contributed by atoms with van der Waals surface area (Å²) in [5.41, 5.74) is 1.19. The highest BCUT2D eigenvalue weighted by atomic mass is 16.2. The minimum atomic E-state index is -0.458. The van der Waals surface area contributed by atoms with Crippen LogP contribution in [0.2, 0.25) is 0 Å². The summed E-state index contributed by atoms with van der Waals surface area (Å²) in [5, 5.41) is 9.19. The van der Waals surface area contributed by atoms with E-state index in [-0.39, 0.29) is 23.5 Å². The minimum absolute atomic E-state index is 0.0178. The van der Waals surface area contributed by atoms with Crippen LogP contribution in [-0.4, -0.2) is 53.4 Å². The number of hydrogen-bond acceptors (Lipinski definition) is 5. The first-order chi connectivity index (χ1) is 13.5. The second-order valence-corrected chi connectivity index (χ2v) is 7.93. The van der Waals surface area contributed by atoms with Crippen molar-refractivity contribution >= 4 is 29.0 Å². The maximum atomic E-state index is 13.1. The summed E-state index contributed by atoms with van der Waals surface area (Å²) in [6.45, 7) is 2.58. The van der Waals surface area contributed by atoms with Gasteiger partial charge in [-0.2, -0.15) is 5.10 Å². The molecule has 0 bridgehead atoms. The lowest BCUT2D eigenvalue weighted by atomic mass is 9.96. The number of likely N-dealkylation sites (tertiary alicyclic amines) is 1. The van der Waals surface area contributed by atoms with E-state index in [9.17, 15) is 14.4 Å². The van der Waals surface area contributed by atoms with E-state index in [2.05, 4.69) is 10.4 Å². The number of nitrogens with one attached hydrogen (secondary N) is 1. The second kappa shape index (κ2) is 7.73. The van der Waals surface area contributed by atoms with Gasteiger partial charge < -0.3 is 10.2 Å². The third-order valence-corrected chi connectivity index (χ3v) is 5.65. The molecule has 148 valence electrons. The van der Waals surface area contributed by atoms with Crippen LogP contribution in [0.4, 0.5) is 5.69 Å². The van der Waals surface area contributed by atoms with Crippen LogP contribution in [-0.2, 0) is 14.4 Å². The topological polar surface area (TPSA) is 82.1 Å². The SMILES string of the molecule is CC(=O)C1CC(C(=O)N2CCCC(C(=O)NC3CC3)C2)=NN1c1ccccc1. The zero-order chi connectivity index (χ0) is 19.7. The van der Waals surface area contributed by atoms with Crippen molar-refractivity contribution in [2.24, 2.45) is 11.0 Å². The number of ketones is 1. The van der Waals surface area contributed by atoms with Gasteiger partial charge in [-0.05, 0) is 44.7 Å². The molecule has 1 aliphatic carbocycles. The summed E-state index contributed by atoms with van der Waals surface area (Å²) in [4.78, 5) is 39.3. The maximum absolute atomic E-state index is 13.1. The Bertz CT molecular complexity index is 803. The van der Waals surface area contributed by atoms with E-state index in [1.54, 1.807) is 9.91 Å². The number of para-hydroxylation sites is 1. The molecule has 2 heterocycles.